The van der Waals surface area contributed by atoms with Crippen LogP contribution in [0.5, 0.6) is 0 Å². The fraction of sp³-hybridized carbons (Fsp3) is 0.556. The van der Waals surface area contributed by atoms with E-state index in [9.17, 15) is 9.59 Å². The number of aromatic amines is 1. The first kappa shape index (κ1) is 18.0. The lowest BCUT2D eigenvalue weighted by molar-refractivity contribution is 0.0931. The van der Waals surface area contributed by atoms with Crippen LogP contribution in [0.4, 0.5) is 0 Å². The Kier molecular flexibility index (Phi) is 5.49. The lowest BCUT2D eigenvalue weighted by Crippen LogP contribution is -2.45. The standard InChI is InChI=1S/C18H24N4O2.ClH/c23-17(20-13-4-3-9-19-11-13)12-7-8-16-15(10-12)21-18(24)22(16)14-5-1-2-6-14;/h7-8,10,13-14,19H,1-6,9,11H2,(H,20,23)(H,21,24);1H/t13-;/m0./s1. The normalized spacial score (nSPS) is 21.2. The van der Waals surface area contributed by atoms with Crippen LogP contribution in [0.3, 0.4) is 0 Å². The second-order valence-electron chi connectivity index (χ2n) is 6.99. The van der Waals surface area contributed by atoms with E-state index in [4.69, 9.17) is 0 Å². The average Bonchev–Trinajstić information content (AvgIpc) is 3.21. The van der Waals surface area contributed by atoms with Gasteiger partial charge in [-0.3, -0.25) is 9.36 Å². The Balaban J connectivity index is 0.00000182. The van der Waals surface area contributed by atoms with E-state index in [0.29, 0.717) is 11.6 Å². The molecular weight excluding hydrogens is 340 g/mol. The molecule has 1 aromatic heterocycles. The number of carbonyl (C=O) groups excluding carboxylic acids is 1. The van der Waals surface area contributed by atoms with Crippen molar-refractivity contribution < 1.29 is 4.79 Å². The number of hydrogen-bond acceptors (Lipinski definition) is 3. The summed E-state index contributed by atoms with van der Waals surface area (Å²) in [5.74, 6) is -0.0694. The SMILES string of the molecule is Cl.O=C(N[C@H]1CCCNC1)c1ccc2c(c1)[nH]c(=O)n2C1CCCC1. The Labute approximate surface area is 152 Å². The van der Waals surface area contributed by atoms with E-state index >= 15 is 0 Å². The summed E-state index contributed by atoms with van der Waals surface area (Å²) in [6, 6.07) is 6.00. The summed E-state index contributed by atoms with van der Waals surface area (Å²) in [5, 5.41) is 6.37. The highest BCUT2D eigenvalue weighted by atomic mass is 35.5. The van der Waals surface area contributed by atoms with Crippen molar-refractivity contribution in [1.29, 1.82) is 0 Å². The first-order chi connectivity index (χ1) is 11.7. The third-order valence-corrected chi connectivity index (χ3v) is 5.30. The second kappa shape index (κ2) is 7.62. The topological polar surface area (TPSA) is 78.9 Å². The van der Waals surface area contributed by atoms with E-state index in [0.717, 1.165) is 49.8 Å². The fourth-order valence-corrected chi connectivity index (χ4v) is 4.04. The molecule has 7 heteroatoms. The Hall–Kier alpha value is -1.79. The van der Waals surface area contributed by atoms with Gasteiger partial charge < -0.3 is 15.6 Å². The number of hydrogen-bond donors (Lipinski definition) is 3. The summed E-state index contributed by atoms with van der Waals surface area (Å²) in [6.45, 7) is 1.84. The van der Waals surface area contributed by atoms with E-state index in [1.54, 1.807) is 6.07 Å². The zero-order chi connectivity index (χ0) is 16.5. The Morgan fingerprint density at radius 3 is 2.68 bits per heavy atom. The minimum Gasteiger partial charge on any atom is -0.348 e. The highest BCUT2D eigenvalue weighted by molar-refractivity contribution is 5.97. The van der Waals surface area contributed by atoms with Gasteiger partial charge in [-0.15, -0.1) is 12.4 Å². The number of nitrogens with zero attached hydrogens (tertiary/aromatic N) is 1. The number of halogens is 1. The van der Waals surface area contributed by atoms with Gasteiger partial charge in [0.2, 0.25) is 0 Å². The molecule has 0 spiro atoms. The largest absolute Gasteiger partial charge is 0.348 e. The van der Waals surface area contributed by atoms with Gasteiger partial charge in [-0.25, -0.2) is 4.79 Å². The summed E-state index contributed by atoms with van der Waals surface area (Å²) in [7, 11) is 0. The van der Waals surface area contributed by atoms with Crippen molar-refractivity contribution >= 4 is 29.3 Å². The molecule has 2 fully saturated rings. The van der Waals surface area contributed by atoms with Crippen LogP contribution in [0.15, 0.2) is 23.0 Å². The molecule has 1 amide bonds. The molecule has 2 aromatic rings. The molecule has 0 radical (unpaired) electrons. The van der Waals surface area contributed by atoms with Gasteiger partial charge in [0.1, 0.15) is 0 Å². The number of rotatable bonds is 3. The van der Waals surface area contributed by atoms with Gasteiger partial charge in [0.15, 0.2) is 0 Å². The van der Waals surface area contributed by atoms with Gasteiger partial charge >= 0.3 is 5.69 Å². The maximum atomic E-state index is 12.5. The third kappa shape index (κ3) is 3.60. The Morgan fingerprint density at radius 1 is 1.16 bits per heavy atom. The first-order valence-corrected chi connectivity index (χ1v) is 8.98. The van der Waals surface area contributed by atoms with Crippen molar-refractivity contribution in [2.75, 3.05) is 13.1 Å². The van der Waals surface area contributed by atoms with Crippen LogP contribution in [0.2, 0.25) is 0 Å². The molecule has 2 heterocycles. The fourth-order valence-electron chi connectivity index (χ4n) is 4.04. The molecule has 1 aliphatic heterocycles. The van der Waals surface area contributed by atoms with Crippen molar-refractivity contribution in [2.45, 2.75) is 50.6 Å². The zero-order valence-electron chi connectivity index (χ0n) is 14.2. The van der Waals surface area contributed by atoms with Gasteiger partial charge in [-0.05, 0) is 50.4 Å². The summed E-state index contributed by atoms with van der Waals surface area (Å²) in [5.41, 5.74) is 2.20. The lowest BCUT2D eigenvalue weighted by atomic mass is 10.1. The monoisotopic (exact) mass is 364 g/mol. The molecule has 1 aliphatic carbocycles. The van der Waals surface area contributed by atoms with Crippen LogP contribution < -0.4 is 16.3 Å². The van der Waals surface area contributed by atoms with Crippen LogP contribution in [-0.4, -0.2) is 34.6 Å². The molecule has 136 valence electrons. The van der Waals surface area contributed by atoms with Crippen molar-refractivity contribution in [3.8, 4) is 0 Å². The summed E-state index contributed by atoms with van der Waals surface area (Å²) >= 11 is 0. The number of imidazole rings is 1. The quantitative estimate of drug-likeness (QED) is 0.782. The van der Waals surface area contributed by atoms with Crippen LogP contribution in [0, 0.1) is 0 Å². The number of benzene rings is 1. The molecule has 6 nitrogen and oxygen atoms in total. The van der Waals surface area contributed by atoms with Gasteiger partial charge in [-0.1, -0.05) is 12.8 Å². The molecular formula is C18H25ClN4O2. The molecule has 25 heavy (non-hydrogen) atoms. The minimum atomic E-state index is -0.0694. The van der Waals surface area contributed by atoms with E-state index in [2.05, 4.69) is 15.6 Å². The summed E-state index contributed by atoms with van der Waals surface area (Å²) in [4.78, 5) is 27.7. The number of piperidine rings is 1. The smallest absolute Gasteiger partial charge is 0.326 e. The molecule has 1 saturated heterocycles. The van der Waals surface area contributed by atoms with Gasteiger partial charge in [0.25, 0.3) is 5.91 Å². The number of H-pyrrole nitrogens is 1. The Bertz CT molecular complexity index is 801. The van der Waals surface area contributed by atoms with Gasteiger partial charge in [-0.2, -0.15) is 0 Å². The number of amides is 1. The molecule has 0 unspecified atom stereocenters. The molecule has 1 saturated carbocycles. The maximum absolute atomic E-state index is 12.5. The van der Waals surface area contributed by atoms with Crippen molar-refractivity contribution in [2.24, 2.45) is 0 Å². The highest BCUT2D eigenvalue weighted by Crippen LogP contribution is 2.30. The van der Waals surface area contributed by atoms with Crippen molar-refractivity contribution in [3.63, 3.8) is 0 Å². The molecule has 1 atom stereocenters. The highest BCUT2D eigenvalue weighted by Gasteiger charge is 2.22. The molecule has 1 aromatic carbocycles. The van der Waals surface area contributed by atoms with Crippen LogP contribution >= 0.6 is 12.4 Å². The molecule has 2 aliphatic rings. The number of fused-ring (bicyclic) bond motifs is 1. The van der Waals surface area contributed by atoms with E-state index in [-0.39, 0.29) is 30.0 Å². The predicted octanol–water partition coefficient (Wildman–Crippen LogP) is 2.35. The number of aromatic nitrogens is 2. The first-order valence-electron chi connectivity index (χ1n) is 8.98. The zero-order valence-corrected chi connectivity index (χ0v) is 15.0. The third-order valence-electron chi connectivity index (χ3n) is 5.30. The molecule has 4 rings (SSSR count). The number of nitrogens with one attached hydrogen (secondary N) is 3. The number of carbonyl (C=O) groups is 1. The van der Waals surface area contributed by atoms with Crippen LogP contribution in [-0.2, 0) is 0 Å². The summed E-state index contributed by atoms with van der Waals surface area (Å²) < 4.78 is 1.87. The predicted molar refractivity (Wildman–Crippen MR) is 101 cm³/mol. The maximum Gasteiger partial charge on any atom is 0.326 e. The lowest BCUT2D eigenvalue weighted by Gasteiger charge is -2.23. The average molecular weight is 365 g/mol. The van der Waals surface area contributed by atoms with Crippen LogP contribution in [0.25, 0.3) is 11.0 Å². The minimum absolute atomic E-state index is 0. The van der Waals surface area contributed by atoms with E-state index < -0.39 is 0 Å². The van der Waals surface area contributed by atoms with Crippen molar-refractivity contribution in [3.05, 3.63) is 34.2 Å². The Morgan fingerprint density at radius 2 is 1.96 bits per heavy atom. The van der Waals surface area contributed by atoms with Gasteiger partial charge in [0.05, 0.1) is 11.0 Å². The van der Waals surface area contributed by atoms with Crippen LogP contribution in [0.1, 0.15) is 54.9 Å². The van der Waals surface area contributed by atoms with E-state index in [1.165, 1.54) is 12.8 Å². The van der Waals surface area contributed by atoms with Gasteiger partial charge in [0, 0.05) is 24.2 Å². The molecule has 0 bridgehead atoms. The molecule has 3 N–H and O–H groups in total. The van der Waals surface area contributed by atoms with Crippen molar-refractivity contribution in [1.82, 2.24) is 20.2 Å². The second-order valence-corrected chi connectivity index (χ2v) is 6.99. The summed E-state index contributed by atoms with van der Waals surface area (Å²) in [6.07, 6.45) is 6.57. The van der Waals surface area contributed by atoms with E-state index in [1.807, 2.05) is 16.7 Å².